The zero-order valence-electron chi connectivity index (χ0n) is 18.8. The number of fused-ring (bicyclic) bond motifs is 1. The molecule has 0 aliphatic carbocycles. The molecule has 0 atom stereocenters. The van der Waals surface area contributed by atoms with Gasteiger partial charge >= 0.3 is 5.69 Å². The van der Waals surface area contributed by atoms with Crippen LogP contribution in [0.25, 0.3) is 10.9 Å². The smallest absolute Gasteiger partial charge is 0.312 e. The van der Waals surface area contributed by atoms with Crippen LogP contribution in [0.2, 0.25) is 0 Å². The van der Waals surface area contributed by atoms with E-state index in [1.807, 2.05) is 33.8 Å². The molecule has 174 valence electrons. The number of halogens is 2. The van der Waals surface area contributed by atoms with Gasteiger partial charge in [0, 0.05) is 27.0 Å². The van der Waals surface area contributed by atoms with Crippen LogP contribution in [0.15, 0.2) is 49.2 Å². The highest BCUT2D eigenvalue weighted by atomic mass is 79.9. The fourth-order valence-electron chi connectivity index (χ4n) is 3.10. The maximum absolute atomic E-state index is 13.2. The van der Waals surface area contributed by atoms with Crippen molar-refractivity contribution < 1.29 is 9.66 Å². The van der Waals surface area contributed by atoms with E-state index in [0.717, 1.165) is 10.9 Å². The zero-order valence-corrected chi connectivity index (χ0v) is 21.9. The van der Waals surface area contributed by atoms with Crippen molar-refractivity contribution in [2.24, 2.45) is 10.5 Å². The summed E-state index contributed by atoms with van der Waals surface area (Å²) in [5.41, 5.74) is 0.254. The first-order chi connectivity index (χ1) is 15.5. The molecule has 0 N–H and O–H groups in total. The van der Waals surface area contributed by atoms with Crippen molar-refractivity contribution in [1.82, 2.24) is 9.66 Å². The summed E-state index contributed by atoms with van der Waals surface area (Å²) in [4.78, 5) is 29.0. The summed E-state index contributed by atoms with van der Waals surface area (Å²) in [5, 5.41) is 16.5. The van der Waals surface area contributed by atoms with E-state index in [-0.39, 0.29) is 29.0 Å². The molecule has 3 aromatic rings. The number of nitrogens with zero attached hydrogens (tertiary/aromatic N) is 4. The second kappa shape index (κ2) is 10.1. The lowest BCUT2D eigenvalue weighted by atomic mass is 9.98. The van der Waals surface area contributed by atoms with Crippen LogP contribution < -0.4 is 10.3 Å². The molecule has 0 saturated heterocycles. The molecule has 0 spiro atoms. The Morgan fingerprint density at radius 3 is 2.58 bits per heavy atom. The number of nitro benzene ring substituents is 1. The monoisotopic (exact) mass is 578 g/mol. The van der Waals surface area contributed by atoms with Gasteiger partial charge in [-0.1, -0.05) is 59.6 Å². The van der Waals surface area contributed by atoms with Crippen molar-refractivity contribution >= 4 is 54.7 Å². The molecule has 1 heterocycles. The maximum atomic E-state index is 13.2. The van der Waals surface area contributed by atoms with Crippen LogP contribution in [0.3, 0.4) is 0 Å². The van der Waals surface area contributed by atoms with Crippen LogP contribution in [-0.4, -0.2) is 27.4 Å². The van der Waals surface area contributed by atoms with E-state index in [9.17, 15) is 14.9 Å². The summed E-state index contributed by atoms with van der Waals surface area (Å²) in [5.74, 6) is 0.610. The summed E-state index contributed by atoms with van der Waals surface area (Å²) >= 11 is 6.71. The average Bonchev–Trinajstić information content (AvgIpc) is 2.72. The third-order valence-corrected chi connectivity index (χ3v) is 5.52. The van der Waals surface area contributed by atoms with Crippen LogP contribution in [0, 0.1) is 15.5 Å². The normalized spacial score (nSPS) is 11.9. The molecule has 2 aromatic carbocycles. The number of ether oxygens (including phenoxy) is 1. The lowest BCUT2D eigenvalue weighted by molar-refractivity contribution is -0.386. The van der Waals surface area contributed by atoms with Crippen LogP contribution in [0.1, 0.15) is 45.5 Å². The molecular formula is C23H24Br2N4O4. The molecule has 10 heteroatoms. The quantitative estimate of drug-likeness (QED) is 0.191. The molecule has 0 aliphatic rings. The van der Waals surface area contributed by atoms with Crippen LogP contribution in [-0.2, 0) is 6.42 Å². The topological polar surface area (TPSA) is 99.6 Å². The summed E-state index contributed by atoms with van der Waals surface area (Å²) in [6, 6.07) is 8.37. The number of aromatic nitrogens is 2. The van der Waals surface area contributed by atoms with E-state index in [1.165, 1.54) is 17.0 Å². The lowest BCUT2D eigenvalue weighted by Gasteiger charge is -2.19. The van der Waals surface area contributed by atoms with Gasteiger partial charge in [0.1, 0.15) is 5.82 Å². The Morgan fingerprint density at radius 1 is 1.21 bits per heavy atom. The molecule has 1 aromatic heterocycles. The van der Waals surface area contributed by atoms with Crippen molar-refractivity contribution in [3.05, 3.63) is 71.1 Å². The van der Waals surface area contributed by atoms with Gasteiger partial charge in [0.25, 0.3) is 5.56 Å². The van der Waals surface area contributed by atoms with Crippen LogP contribution >= 0.6 is 31.9 Å². The predicted octanol–water partition coefficient (Wildman–Crippen LogP) is 6.09. The van der Waals surface area contributed by atoms with Crippen molar-refractivity contribution in [2.45, 2.75) is 40.5 Å². The number of benzene rings is 2. The Bertz CT molecular complexity index is 1300. The van der Waals surface area contributed by atoms with Gasteiger partial charge in [-0.15, -0.1) is 0 Å². The maximum Gasteiger partial charge on any atom is 0.312 e. The standard InChI is InChI=1S/C23H24Br2N4O4/c1-5-6-20-27-18-8-7-15(24)10-17(18)22(30)28(20)26-12-14-9-16(25)11-19(29(31)32)21(14)33-13-23(2,3)4/h7-12H,5-6,13H2,1-4H3. The van der Waals surface area contributed by atoms with Gasteiger partial charge in [-0.3, -0.25) is 14.9 Å². The second-order valence-corrected chi connectivity index (χ2v) is 10.6. The first-order valence-electron chi connectivity index (χ1n) is 10.4. The fraction of sp³-hybridized carbons (Fsp3) is 0.348. The molecule has 0 aliphatic heterocycles. The largest absolute Gasteiger partial charge is 0.486 e. The molecule has 0 bridgehead atoms. The highest BCUT2D eigenvalue weighted by molar-refractivity contribution is 9.10. The Hall–Kier alpha value is -2.59. The second-order valence-electron chi connectivity index (χ2n) is 8.75. The van der Waals surface area contributed by atoms with Crippen molar-refractivity contribution in [3.63, 3.8) is 0 Å². The van der Waals surface area contributed by atoms with E-state index in [0.29, 0.717) is 33.2 Å². The summed E-state index contributed by atoms with van der Waals surface area (Å²) in [6.07, 6.45) is 2.72. The first-order valence-corrected chi connectivity index (χ1v) is 11.9. The fourth-order valence-corrected chi connectivity index (χ4v) is 3.92. The minimum Gasteiger partial charge on any atom is -0.486 e. The molecule has 33 heavy (non-hydrogen) atoms. The Balaban J connectivity index is 2.18. The third-order valence-electron chi connectivity index (χ3n) is 4.57. The van der Waals surface area contributed by atoms with E-state index in [4.69, 9.17) is 4.74 Å². The molecule has 0 radical (unpaired) electrons. The lowest BCUT2D eigenvalue weighted by Crippen LogP contribution is -2.22. The zero-order chi connectivity index (χ0) is 24.3. The van der Waals surface area contributed by atoms with E-state index in [1.54, 1.807) is 18.2 Å². The highest BCUT2D eigenvalue weighted by Crippen LogP contribution is 2.35. The van der Waals surface area contributed by atoms with Crippen molar-refractivity contribution in [1.29, 1.82) is 0 Å². The van der Waals surface area contributed by atoms with E-state index in [2.05, 4.69) is 41.9 Å². The highest BCUT2D eigenvalue weighted by Gasteiger charge is 2.23. The van der Waals surface area contributed by atoms with Gasteiger partial charge in [0.2, 0.25) is 5.75 Å². The van der Waals surface area contributed by atoms with E-state index >= 15 is 0 Å². The Morgan fingerprint density at radius 2 is 1.94 bits per heavy atom. The molecule has 0 amide bonds. The average molecular weight is 580 g/mol. The van der Waals surface area contributed by atoms with Gasteiger partial charge in [-0.2, -0.15) is 9.78 Å². The number of hydrogen-bond donors (Lipinski definition) is 0. The molecular weight excluding hydrogens is 556 g/mol. The first kappa shape index (κ1) is 25.0. The minimum absolute atomic E-state index is 0.100. The van der Waals surface area contributed by atoms with Crippen LogP contribution in [0.4, 0.5) is 5.69 Å². The Labute approximate surface area is 208 Å². The number of rotatable bonds is 7. The molecule has 0 saturated carbocycles. The minimum atomic E-state index is -0.496. The van der Waals surface area contributed by atoms with E-state index < -0.39 is 4.92 Å². The van der Waals surface area contributed by atoms with Gasteiger partial charge in [-0.25, -0.2) is 4.98 Å². The third kappa shape index (κ3) is 6.05. The van der Waals surface area contributed by atoms with Crippen molar-refractivity contribution in [2.75, 3.05) is 6.61 Å². The SMILES string of the molecule is CCCc1nc2ccc(Br)cc2c(=O)n1N=Cc1cc(Br)cc([N+](=O)[O-])c1OCC(C)(C)C. The van der Waals surface area contributed by atoms with Gasteiger partial charge < -0.3 is 4.74 Å². The molecule has 0 fully saturated rings. The van der Waals surface area contributed by atoms with Crippen LogP contribution in [0.5, 0.6) is 5.75 Å². The molecule has 8 nitrogen and oxygen atoms in total. The molecule has 3 rings (SSSR count). The summed E-state index contributed by atoms with van der Waals surface area (Å²) < 4.78 is 8.37. The predicted molar refractivity (Wildman–Crippen MR) is 136 cm³/mol. The molecule has 0 unspecified atom stereocenters. The van der Waals surface area contributed by atoms with Crippen molar-refractivity contribution in [3.8, 4) is 5.75 Å². The number of hydrogen-bond acceptors (Lipinski definition) is 6. The van der Waals surface area contributed by atoms with Gasteiger partial charge in [-0.05, 0) is 36.1 Å². The number of aryl methyl sites for hydroxylation is 1. The number of nitro groups is 1. The summed E-state index contributed by atoms with van der Waals surface area (Å²) in [7, 11) is 0. The Kier molecular flexibility index (Phi) is 7.69. The van der Waals surface area contributed by atoms with Gasteiger partial charge in [0.05, 0.1) is 28.6 Å². The van der Waals surface area contributed by atoms with Gasteiger partial charge in [0.15, 0.2) is 0 Å². The summed E-state index contributed by atoms with van der Waals surface area (Å²) in [6.45, 7) is 8.17.